The van der Waals surface area contributed by atoms with E-state index in [4.69, 9.17) is 9.47 Å². The van der Waals surface area contributed by atoms with Gasteiger partial charge in [0, 0.05) is 5.56 Å². The quantitative estimate of drug-likeness (QED) is 0.781. The maximum atomic E-state index is 9.39. The van der Waals surface area contributed by atoms with Crippen molar-refractivity contribution >= 4 is 0 Å². The van der Waals surface area contributed by atoms with Gasteiger partial charge in [-0.05, 0) is 18.6 Å². The molecule has 1 unspecified atom stereocenters. The first-order chi connectivity index (χ1) is 6.77. The number of ether oxygens (including phenoxy) is 2. The first-order valence-corrected chi connectivity index (χ1v) is 4.51. The van der Waals surface area contributed by atoms with Crippen LogP contribution in [0.5, 0.6) is 0 Å². The molecule has 0 aliphatic carbocycles. The topological polar surface area (TPSA) is 38.7 Å². The molecule has 1 aliphatic heterocycles. The molecule has 0 bridgehead atoms. The fourth-order valence-electron chi connectivity index (χ4n) is 1.36. The molecule has 1 N–H and O–H groups in total. The van der Waals surface area contributed by atoms with Gasteiger partial charge >= 0.3 is 0 Å². The van der Waals surface area contributed by atoms with E-state index in [0.717, 1.165) is 11.1 Å². The standard InChI is InChI=1S/C11H12O3/c1-8(12)9-3-2-4-10(7-9)11-13-5-6-14-11/h2-8,11-12H,1H3. The van der Waals surface area contributed by atoms with Crippen molar-refractivity contribution in [1.82, 2.24) is 0 Å². The van der Waals surface area contributed by atoms with Gasteiger partial charge in [-0.3, -0.25) is 0 Å². The first-order valence-electron chi connectivity index (χ1n) is 4.51. The molecule has 0 amide bonds. The van der Waals surface area contributed by atoms with Gasteiger partial charge in [0.2, 0.25) is 0 Å². The van der Waals surface area contributed by atoms with Gasteiger partial charge in [0.05, 0.1) is 6.10 Å². The number of benzene rings is 1. The van der Waals surface area contributed by atoms with Gasteiger partial charge in [-0.2, -0.15) is 0 Å². The van der Waals surface area contributed by atoms with Gasteiger partial charge in [-0.25, -0.2) is 0 Å². The monoisotopic (exact) mass is 192 g/mol. The molecule has 1 heterocycles. The summed E-state index contributed by atoms with van der Waals surface area (Å²) < 4.78 is 10.4. The smallest absolute Gasteiger partial charge is 0.266 e. The third kappa shape index (κ3) is 1.72. The molecule has 0 saturated heterocycles. The maximum Gasteiger partial charge on any atom is 0.266 e. The lowest BCUT2D eigenvalue weighted by Gasteiger charge is -2.12. The van der Waals surface area contributed by atoms with E-state index in [0.29, 0.717) is 0 Å². The second-order valence-corrected chi connectivity index (χ2v) is 3.22. The van der Waals surface area contributed by atoms with Gasteiger partial charge in [0.15, 0.2) is 0 Å². The van der Waals surface area contributed by atoms with Gasteiger partial charge in [-0.1, -0.05) is 18.2 Å². The van der Waals surface area contributed by atoms with E-state index in [2.05, 4.69) is 0 Å². The molecule has 0 aromatic heterocycles. The van der Waals surface area contributed by atoms with E-state index < -0.39 is 6.10 Å². The highest BCUT2D eigenvalue weighted by Crippen LogP contribution is 2.25. The van der Waals surface area contributed by atoms with Crippen LogP contribution in [0.2, 0.25) is 0 Å². The minimum Gasteiger partial charge on any atom is -0.455 e. The zero-order chi connectivity index (χ0) is 9.97. The molecule has 3 heteroatoms. The van der Waals surface area contributed by atoms with Crippen LogP contribution in [-0.2, 0) is 9.47 Å². The third-order valence-electron chi connectivity index (χ3n) is 2.13. The van der Waals surface area contributed by atoms with E-state index in [1.807, 2.05) is 24.3 Å². The molecule has 0 saturated carbocycles. The SMILES string of the molecule is CC(O)c1cccc(C2OC=CO2)c1. The zero-order valence-corrected chi connectivity index (χ0v) is 7.88. The van der Waals surface area contributed by atoms with Gasteiger partial charge in [0.1, 0.15) is 12.5 Å². The lowest BCUT2D eigenvalue weighted by atomic mass is 10.1. The number of hydrogen-bond acceptors (Lipinski definition) is 3. The Morgan fingerprint density at radius 3 is 2.64 bits per heavy atom. The first kappa shape index (κ1) is 9.09. The Hall–Kier alpha value is -1.48. The van der Waals surface area contributed by atoms with E-state index in [1.54, 1.807) is 6.92 Å². The lowest BCUT2D eigenvalue weighted by molar-refractivity contribution is -0.0247. The molecule has 2 rings (SSSR count). The van der Waals surface area contributed by atoms with Crippen LogP contribution in [0, 0.1) is 0 Å². The molecule has 14 heavy (non-hydrogen) atoms. The molecule has 1 aliphatic rings. The zero-order valence-electron chi connectivity index (χ0n) is 7.88. The van der Waals surface area contributed by atoms with Crippen molar-refractivity contribution in [3.05, 3.63) is 47.9 Å². The molecule has 0 fully saturated rings. The second kappa shape index (κ2) is 3.72. The lowest BCUT2D eigenvalue weighted by Crippen LogP contribution is -1.99. The summed E-state index contributed by atoms with van der Waals surface area (Å²) in [5.41, 5.74) is 1.77. The van der Waals surface area contributed by atoms with E-state index >= 15 is 0 Å². The van der Waals surface area contributed by atoms with Crippen molar-refractivity contribution in [2.45, 2.75) is 19.3 Å². The average molecular weight is 192 g/mol. The fraction of sp³-hybridized carbons (Fsp3) is 0.273. The summed E-state index contributed by atoms with van der Waals surface area (Å²) in [6, 6.07) is 7.53. The summed E-state index contributed by atoms with van der Waals surface area (Å²) in [6.07, 6.45) is 2.19. The van der Waals surface area contributed by atoms with E-state index in [1.165, 1.54) is 12.5 Å². The van der Waals surface area contributed by atoms with Crippen molar-refractivity contribution in [3.8, 4) is 0 Å². The Balaban J connectivity index is 2.21. The summed E-state index contributed by atoms with van der Waals surface area (Å²) in [5.74, 6) is 0. The molecule has 1 aromatic rings. The molecule has 1 aromatic carbocycles. The molecular weight excluding hydrogens is 180 g/mol. The largest absolute Gasteiger partial charge is 0.455 e. The van der Waals surface area contributed by atoms with Crippen LogP contribution >= 0.6 is 0 Å². The predicted octanol–water partition coefficient (Wildman–Crippen LogP) is 2.26. The van der Waals surface area contributed by atoms with Crippen LogP contribution in [-0.4, -0.2) is 5.11 Å². The summed E-state index contributed by atoms with van der Waals surface area (Å²) in [7, 11) is 0. The maximum absolute atomic E-state index is 9.39. The van der Waals surface area contributed by atoms with E-state index in [-0.39, 0.29) is 6.29 Å². The van der Waals surface area contributed by atoms with Crippen LogP contribution in [0.15, 0.2) is 36.8 Å². The van der Waals surface area contributed by atoms with Crippen LogP contribution in [0.3, 0.4) is 0 Å². The number of aliphatic hydroxyl groups excluding tert-OH is 1. The summed E-state index contributed by atoms with van der Waals surface area (Å²) in [4.78, 5) is 0. The van der Waals surface area contributed by atoms with Crippen LogP contribution in [0.1, 0.15) is 30.4 Å². The molecule has 74 valence electrons. The highest BCUT2D eigenvalue weighted by atomic mass is 16.7. The van der Waals surface area contributed by atoms with Crippen molar-refractivity contribution in [1.29, 1.82) is 0 Å². The predicted molar refractivity (Wildman–Crippen MR) is 51.1 cm³/mol. The minimum atomic E-state index is -0.468. The Labute approximate surface area is 82.6 Å². The molecular formula is C11H12O3. The summed E-state index contributed by atoms with van der Waals surface area (Å²) in [6.45, 7) is 1.73. The Morgan fingerprint density at radius 2 is 2.00 bits per heavy atom. The van der Waals surface area contributed by atoms with Gasteiger partial charge in [-0.15, -0.1) is 0 Å². The second-order valence-electron chi connectivity index (χ2n) is 3.22. The molecule has 0 spiro atoms. The Bertz CT molecular complexity index is 336. The molecule has 3 nitrogen and oxygen atoms in total. The number of hydrogen-bond donors (Lipinski definition) is 1. The van der Waals surface area contributed by atoms with Gasteiger partial charge < -0.3 is 14.6 Å². The fourth-order valence-corrected chi connectivity index (χ4v) is 1.36. The normalized spacial score (nSPS) is 17.6. The summed E-state index contributed by atoms with van der Waals surface area (Å²) in [5, 5.41) is 9.39. The average Bonchev–Trinajstić information content (AvgIpc) is 2.71. The van der Waals surface area contributed by atoms with Crippen molar-refractivity contribution in [2.75, 3.05) is 0 Å². The third-order valence-corrected chi connectivity index (χ3v) is 2.13. The van der Waals surface area contributed by atoms with E-state index in [9.17, 15) is 5.11 Å². The van der Waals surface area contributed by atoms with Crippen molar-refractivity contribution in [3.63, 3.8) is 0 Å². The highest BCUT2D eigenvalue weighted by molar-refractivity contribution is 5.26. The van der Waals surface area contributed by atoms with Crippen LogP contribution in [0.25, 0.3) is 0 Å². The number of rotatable bonds is 2. The molecule has 1 atom stereocenters. The van der Waals surface area contributed by atoms with Gasteiger partial charge in [0.25, 0.3) is 6.29 Å². The Morgan fingerprint density at radius 1 is 1.29 bits per heavy atom. The summed E-state index contributed by atoms with van der Waals surface area (Å²) >= 11 is 0. The Kier molecular flexibility index (Phi) is 2.41. The van der Waals surface area contributed by atoms with Crippen molar-refractivity contribution < 1.29 is 14.6 Å². The molecule has 0 radical (unpaired) electrons. The van der Waals surface area contributed by atoms with Crippen LogP contribution in [0.4, 0.5) is 0 Å². The minimum absolute atomic E-state index is 0.367. The number of aliphatic hydroxyl groups is 1. The highest BCUT2D eigenvalue weighted by Gasteiger charge is 2.15. The van der Waals surface area contributed by atoms with Crippen molar-refractivity contribution in [2.24, 2.45) is 0 Å². The van der Waals surface area contributed by atoms with Crippen LogP contribution < -0.4 is 0 Å².